The lowest BCUT2D eigenvalue weighted by Gasteiger charge is -2.32. The van der Waals surface area contributed by atoms with Gasteiger partial charge in [0.25, 0.3) is 5.91 Å². The van der Waals surface area contributed by atoms with E-state index in [2.05, 4.69) is 9.88 Å². The van der Waals surface area contributed by atoms with Crippen LogP contribution in [0.15, 0.2) is 42.6 Å². The van der Waals surface area contributed by atoms with Crippen LogP contribution < -0.4 is 10.6 Å². The second-order valence-corrected chi connectivity index (χ2v) is 7.36. The van der Waals surface area contributed by atoms with Gasteiger partial charge >= 0.3 is 5.97 Å². The highest BCUT2D eigenvalue weighted by Crippen LogP contribution is 2.27. The van der Waals surface area contributed by atoms with Gasteiger partial charge in [0.1, 0.15) is 11.6 Å². The zero-order valence-electron chi connectivity index (χ0n) is 16.4. The number of hydrogen-bond acceptors (Lipinski definition) is 5. The molecule has 1 aromatic heterocycles. The van der Waals surface area contributed by atoms with Crippen LogP contribution in [0.3, 0.4) is 0 Å². The SMILES string of the molecule is NC(=O)COC(=O)CCCC1CCN(c2ccc(-c3ccc(F)cc3)cn2)CC1. The number of primary amides is 1. The van der Waals surface area contributed by atoms with E-state index in [1.54, 1.807) is 12.1 Å². The molecule has 0 atom stereocenters. The first-order valence-electron chi connectivity index (χ1n) is 9.92. The number of halogens is 1. The molecule has 1 amide bonds. The van der Waals surface area contributed by atoms with E-state index in [0.717, 1.165) is 55.7 Å². The number of esters is 1. The quantitative estimate of drug-likeness (QED) is 0.689. The van der Waals surface area contributed by atoms with Gasteiger partial charge in [-0.2, -0.15) is 0 Å². The molecule has 154 valence electrons. The van der Waals surface area contributed by atoms with E-state index in [4.69, 9.17) is 10.5 Å². The van der Waals surface area contributed by atoms with E-state index in [0.29, 0.717) is 12.3 Å². The van der Waals surface area contributed by atoms with Crippen molar-refractivity contribution in [3.8, 4) is 11.1 Å². The molecule has 2 aromatic rings. The Hall–Kier alpha value is -2.96. The molecule has 3 rings (SSSR count). The van der Waals surface area contributed by atoms with Crippen LogP contribution in [0.4, 0.5) is 10.2 Å². The van der Waals surface area contributed by atoms with E-state index in [9.17, 15) is 14.0 Å². The highest BCUT2D eigenvalue weighted by atomic mass is 19.1. The maximum atomic E-state index is 13.1. The summed E-state index contributed by atoms with van der Waals surface area (Å²) in [6.45, 7) is 1.52. The van der Waals surface area contributed by atoms with Crippen molar-refractivity contribution in [2.75, 3.05) is 24.6 Å². The molecule has 1 aliphatic rings. The number of carbonyl (C=O) groups is 2. The molecular formula is C22H26FN3O3. The molecule has 1 fully saturated rings. The molecule has 2 heterocycles. The van der Waals surface area contributed by atoms with E-state index < -0.39 is 5.91 Å². The Morgan fingerprint density at radius 1 is 1.10 bits per heavy atom. The lowest BCUT2D eigenvalue weighted by Crippen LogP contribution is -2.34. The molecule has 0 saturated carbocycles. The van der Waals surface area contributed by atoms with Crippen LogP contribution in [0.1, 0.15) is 32.1 Å². The fourth-order valence-electron chi connectivity index (χ4n) is 3.60. The van der Waals surface area contributed by atoms with Crippen molar-refractivity contribution in [3.63, 3.8) is 0 Å². The van der Waals surface area contributed by atoms with E-state index in [1.165, 1.54) is 12.1 Å². The average Bonchev–Trinajstić information content (AvgIpc) is 2.73. The van der Waals surface area contributed by atoms with Crippen LogP contribution in [0.25, 0.3) is 11.1 Å². The Balaban J connectivity index is 1.41. The Labute approximate surface area is 169 Å². The smallest absolute Gasteiger partial charge is 0.306 e. The van der Waals surface area contributed by atoms with Crippen molar-refractivity contribution in [1.82, 2.24) is 4.98 Å². The molecule has 1 saturated heterocycles. The van der Waals surface area contributed by atoms with Crippen molar-refractivity contribution < 1.29 is 18.7 Å². The third-order valence-corrected chi connectivity index (χ3v) is 5.23. The average molecular weight is 399 g/mol. The minimum atomic E-state index is -0.634. The predicted molar refractivity (Wildman–Crippen MR) is 109 cm³/mol. The maximum absolute atomic E-state index is 13.1. The second-order valence-electron chi connectivity index (χ2n) is 7.36. The molecule has 0 spiro atoms. The third-order valence-electron chi connectivity index (χ3n) is 5.23. The Kier molecular flexibility index (Phi) is 7.16. The molecule has 1 aromatic carbocycles. The van der Waals surface area contributed by atoms with Gasteiger partial charge in [0, 0.05) is 31.3 Å². The van der Waals surface area contributed by atoms with Crippen LogP contribution >= 0.6 is 0 Å². The predicted octanol–water partition coefficient (Wildman–Crippen LogP) is 3.30. The zero-order chi connectivity index (χ0) is 20.6. The van der Waals surface area contributed by atoms with Gasteiger partial charge in [0.15, 0.2) is 6.61 Å². The van der Waals surface area contributed by atoms with Crippen molar-refractivity contribution in [2.45, 2.75) is 32.1 Å². The van der Waals surface area contributed by atoms with E-state index in [-0.39, 0.29) is 18.4 Å². The van der Waals surface area contributed by atoms with Crippen molar-refractivity contribution in [1.29, 1.82) is 0 Å². The second kappa shape index (κ2) is 10.0. The molecule has 2 N–H and O–H groups in total. The highest BCUT2D eigenvalue weighted by molar-refractivity contribution is 5.78. The van der Waals surface area contributed by atoms with Gasteiger partial charge in [-0.15, -0.1) is 0 Å². The first-order chi connectivity index (χ1) is 14.0. The number of nitrogens with two attached hydrogens (primary N) is 1. The maximum Gasteiger partial charge on any atom is 0.306 e. The Morgan fingerprint density at radius 2 is 1.79 bits per heavy atom. The molecule has 0 bridgehead atoms. The monoisotopic (exact) mass is 399 g/mol. The normalized spacial score (nSPS) is 14.6. The van der Waals surface area contributed by atoms with E-state index in [1.807, 2.05) is 18.3 Å². The Bertz CT molecular complexity index is 816. The number of benzene rings is 1. The van der Waals surface area contributed by atoms with Crippen molar-refractivity contribution in [2.24, 2.45) is 11.7 Å². The minimum Gasteiger partial charge on any atom is -0.456 e. The number of pyridine rings is 1. The molecule has 0 radical (unpaired) electrons. The first kappa shape index (κ1) is 20.8. The van der Waals surface area contributed by atoms with Gasteiger partial charge in [-0.05, 0) is 61.4 Å². The van der Waals surface area contributed by atoms with Crippen molar-refractivity contribution in [3.05, 3.63) is 48.4 Å². The summed E-state index contributed by atoms with van der Waals surface area (Å²) >= 11 is 0. The number of hydrogen-bond donors (Lipinski definition) is 1. The van der Waals surface area contributed by atoms with Gasteiger partial charge in [0.2, 0.25) is 0 Å². The topological polar surface area (TPSA) is 85.5 Å². The van der Waals surface area contributed by atoms with E-state index >= 15 is 0 Å². The number of amides is 1. The molecule has 1 aliphatic heterocycles. The van der Waals surface area contributed by atoms with Crippen molar-refractivity contribution >= 4 is 17.7 Å². The van der Waals surface area contributed by atoms with Crippen LogP contribution in [-0.4, -0.2) is 36.6 Å². The van der Waals surface area contributed by atoms with Gasteiger partial charge < -0.3 is 15.4 Å². The molecule has 6 nitrogen and oxygen atoms in total. The standard InChI is InChI=1S/C22H26FN3O3/c23-19-7-4-17(5-8-19)18-6-9-21(25-14-18)26-12-10-16(11-13-26)2-1-3-22(28)29-15-20(24)27/h4-9,14,16H,1-3,10-13,15H2,(H2,24,27). The summed E-state index contributed by atoms with van der Waals surface area (Å²) in [5.41, 5.74) is 6.86. The van der Waals surface area contributed by atoms with Crippen LogP contribution in [0, 0.1) is 11.7 Å². The summed E-state index contributed by atoms with van der Waals surface area (Å²) < 4.78 is 17.8. The number of piperidine rings is 1. The lowest BCUT2D eigenvalue weighted by atomic mass is 9.91. The molecule has 29 heavy (non-hydrogen) atoms. The summed E-state index contributed by atoms with van der Waals surface area (Å²) in [6, 6.07) is 10.4. The number of aromatic nitrogens is 1. The number of rotatable bonds is 8. The summed E-state index contributed by atoms with van der Waals surface area (Å²) in [7, 11) is 0. The van der Waals surface area contributed by atoms with Gasteiger partial charge in [-0.1, -0.05) is 12.1 Å². The van der Waals surface area contributed by atoms with Crippen LogP contribution in [0.5, 0.6) is 0 Å². The molecular weight excluding hydrogens is 373 g/mol. The summed E-state index contributed by atoms with van der Waals surface area (Å²) in [5.74, 6) is 0.276. The fourth-order valence-corrected chi connectivity index (χ4v) is 3.60. The molecule has 0 unspecified atom stereocenters. The van der Waals surface area contributed by atoms with Gasteiger partial charge in [0.05, 0.1) is 0 Å². The summed E-state index contributed by atoms with van der Waals surface area (Å²) in [6.07, 6.45) is 5.98. The summed E-state index contributed by atoms with van der Waals surface area (Å²) in [5, 5.41) is 0. The van der Waals surface area contributed by atoms with Gasteiger partial charge in [-0.3, -0.25) is 9.59 Å². The fraction of sp³-hybridized carbons (Fsp3) is 0.409. The lowest BCUT2D eigenvalue weighted by molar-refractivity contribution is -0.147. The number of nitrogens with zero attached hydrogens (tertiary/aromatic N) is 2. The largest absolute Gasteiger partial charge is 0.456 e. The third kappa shape index (κ3) is 6.27. The molecule has 7 heteroatoms. The number of anilines is 1. The number of ether oxygens (including phenoxy) is 1. The Morgan fingerprint density at radius 3 is 2.41 bits per heavy atom. The summed E-state index contributed by atoms with van der Waals surface area (Å²) in [4.78, 5) is 29.0. The minimum absolute atomic E-state index is 0.247. The first-order valence-corrected chi connectivity index (χ1v) is 9.92. The number of carbonyl (C=O) groups excluding carboxylic acids is 2. The van der Waals surface area contributed by atoms with Gasteiger partial charge in [-0.25, -0.2) is 9.37 Å². The zero-order valence-corrected chi connectivity index (χ0v) is 16.4. The highest BCUT2D eigenvalue weighted by Gasteiger charge is 2.20. The van der Waals surface area contributed by atoms with Crippen LogP contribution in [0.2, 0.25) is 0 Å². The van der Waals surface area contributed by atoms with Crippen LogP contribution in [-0.2, 0) is 14.3 Å². The molecule has 0 aliphatic carbocycles.